The van der Waals surface area contributed by atoms with E-state index in [1.807, 2.05) is 36.1 Å². The summed E-state index contributed by atoms with van der Waals surface area (Å²) in [7, 11) is -2.22. The molecular formula is C31H44N4O5S. The first kappa shape index (κ1) is 30.8. The number of likely N-dealkylation sites (tertiary alicyclic amines) is 1. The molecule has 1 heterocycles. The van der Waals surface area contributed by atoms with Crippen molar-refractivity contribution >= 4 is 22.0 Å². The van der Waals surface area contributed by atoms with Crippen LogP contribution in [0.15, 0.2) is 59.5 Å². The van der Waals surface area contributed by atoms with Gasteiger partial charge in [-0.05, 0) is 61.9 Å². The maximum absolute atomic E-state index is 13.9. The Bertz CT molecular complexity index is 1220. The van der Waals surface area contributed by atoms with Gasteiger partial charge in [0.05, 0.1) is 18.6 Å². The molecule has 2 aliphatic rings. The number of methoxy groups -OCH3 is 1. The summed E-state index contributed by atoms with van der Waals surface area (Å²) in [5.74, 6) is 0.492. The van der Waals surface area contributed by atoms with E-state index in [0.717, 1.165) is 37.0 Å². The quantitative estimate of drug-likeness (QED) is 0.415. The first-order valence-corrected chi connectivity index (χ1v) is 16.3. The second-order valence-corrected chi connectivity index (χ2v) is 13.0. The summed E-state index contributed by atoms with van der Waals surface area (Å²) in [6, 6.07) is 16.0. The molecule has 2 aromatic rings. The molecule has 3 amide bonds. The Morgan fingerprint density at radius 3 is 2.22 bits per heavy atom. The average Bonchev–Trinajstić information content (AvgIpc) is 3.01. The van der Waals surface area contributed by atoms with Crippen LogP contribution in [0.3, 0.4) is 0 Å². The molecule has 1 N–H and O–H groups in total. The van der Waals surface area contributed by atoms with Gasteiger partial charge in [-0.3, -0.25) is 4.79 Å². The molecule has 41 heavy (non-hydrogen) atoms. The third-order valence-electron chi connectivity index (χ3n) is 8.12. The van der Waals surface area contributed by atoms with Crippen molar-refractivity contribution in [3.05, 3.63) is 60.2 Å². The van der Waals surface area contributed by atoms with E-state index in [4.69, 9.17) is 4.74 Å². The van der Waals surface area contributed by atoms with E-state index in [2.05, 4.69) is 5.32 Å². The van der Waals surface area contributed by atoms with Gasteiger partial charge < -0.3 is 19.9 Å². The van der Waals surface area contributed by atoms with Crippen LogP contribution in [0, 0.1) is 0 Å². The van der Waals surface area contributed by atoms with Gasteiger partial charge in [0.2, 0.25) is 15.9 Å². The van der Waals surface area contributed by atoms with Crippen molar-refractivity contribution in [2.24, 2.45) is 0 Å². The molecule has 2 fully saturated rings. The molecule has 0 unspecified atom stereocenters. The minimum absolute atomic E-state index is 0.0218. The number of sulfonamides is 1. The van der Waals surface area contributed by atoms with E-state index in [1.165, 1.54) is 10.7 Å². The number of nitrogens with one attached hydrogen (secondary N) is 1. The van der Waals surface area contributed by atoms with Crippen LogP contribution in [0.1, 0.15) is 63.9 Å². The third-order valence-corrected chi connectivity index (χ3v) is 9.98. The van der Waals surface area contributed by atoms with Crippen LogP contribution in [0.25, 0.3) is 0 Å². The topological polar surface area (TPSA) is 99.3 Å². The molecule has 0 spiro atoms. The van der Waals surface area contributed by atoms with Gasteiger partial charge in [-0.2, -0.15) is 4.31 Å². The molecule has 0 radical (unpaired) electrons. The number of benzene rings is 2. The lowest BCUT2D eigenvalue weighted by Crippen LogP contribution is -2.53. The van der Waals surface area contributed by atoms with Gasteiger partial charge in [-0.25, -0.2) is 13.2 Å². The number of piperidine rings is 1. The fourth-order valence-corrected chi connectivity index (χ4v) is 7.26. The number of urea groups is 1. The number of ether oxygens (including phenoxy) is 1. The van der Waals surface area contributed by atoms with Gasteiger partial charge in [-0.15, -0.1) is 0 Å². The third kappa shape index (κ3) is 8.23. The van der Waals surface area contributed by atoms with Gasteiger partial charge in [0.25, 0.3) is 0 Å². The lowest BCUT2D eigenvalue weighted by Gasteiger charge is -2.40. The Morgan fingerprint density at radius 1 is 0.951 bits per heavy atom. The Kier molecular flexibility index (Phi) is 11.0. The second kappa shape index (κ2) is 14.7. The fourth-order valence-electron chi connectivity index (χ4n) is 5.76. The Hall–Kier alpha value is -3.11. The highest BCUT2D eigenvalue weighted by Gasteiger charge is 2.33. The van der Waals surface area contributed by atoms with Crippen LogP contribution in [0.5, 0.6) is 5.75 Å². The molecule has 0 aromatic heterocycles. The molecule has 1 aliphatic carbocycles. The van der Waals surface area contributed by atoms with Crippen LogP contribution in [0.2, 0.25) is 0 Å². The average molecular weight is 585 g/mol. The molecule has 2 aromatic carbocycles. The molecule has 1 saturated heterocycles. The molecule has 10 heteroatoms. The van der Waals surface area contributed by atoms with Crippen LogP contribution in [-0.2, 0) is 21.4 Å². The van der Waals surface area contributed by atoms with Crippen molar-refractivity contribution in [3.8, 4) is 5.75 Å². The number of hydrogen-bond acceptors (Lipinski definition) is 5. The standard InChI is InChI=1S/C31H44N4O5S/c1-3-20-34(41(38,39)29-12-8-5-9-13-29)24-30(36)35(23-25-14-16-28(40-2)17-15-25)27-18-21-33(22-19-27)31(37)32-26-10-6-4-7-11-26/h5,8-9,12-17,26-27H,3-4,6-7,10-11,18-24H2,1-2H3,(H,32,37). The highest BCUT2D eigenvalue weighted by Crippen LogP contribution is 2.24. The minimum atomic E-state index is -3.83. The summed E-state index contributed by atoms with van der Waals surface area (Å²) in [4.78, 5) is 30.7. The second-order valence-electron chi connectivity index (χ2n) is 11.0. The predicted molar refractivity (Wildman–Crippen MR) is 159 cm³/mol. The molecule has 224 valence electrons. The number of carbonyl (C=O) groups is 2. The van der Waals surface area contributed by atoms with E-state index in [9.17, 15) is 18.0 Å². The molecule has 1 saturated carbocycles. The Balaban J connectivity index is 1.48. The zero-order valence-electron chi connectivity index (χ0n) is 24.3. The normalized spacial score (nSPS) is 16.9. The van der Waals surface area contributed by atoms with Gasteiger partial charge in [0, 0.05) is 38.3 Å². The van der Waals surface area contributed by atoms with E-state index < -0.39 is 10.0 Å². The summed E-state index contributed by atoms with van der Waals surface area (Å²) < 4.78 is 33.5. The largest absolute Gasteiger partial charge is 0.497 e. The highest BCUT2D eigenvalue weighted by molar-refractivity contribution is 7.89. The first-order chi connectivity index (χ1) is 19.8. The summed E-state index contributed by atoms with van der Waals surface area (Å²) in [6.07, 6.45) is 7.48. The fraction of sp³-hybridized carbons (Fsp3) is 0.548. The predicted octanol–water partition coefficient (Wildman–Crippen LogP) is 4.63. The molecule has 9 nitrogen and oxygen atoms in total. The van der Waals surface area contributed by atoms with E-state index in [-0.39, 0.29) is 42.0 Å². The summed E-state index contributed by atoms with van der Waals surface area (Å²) in [6.45, 7) is 3.38. The molecule has 1 aliphatic heterocycles. The maximum Gasteiger partial charge on any atom is 0.317 e. The molecular weight excluding hydrogens is 540 g/mol. The van der Waals surface area contributed by atoms with Gasteiger partial charge in [0.15, 0.2) is 0 Å². The number of carbonyl (C=O) groups excluding carboxylic acids is 2. The van der Waals surface area contributed by atoms with Crippen LogP contribution >= 0.6 is 0 Å². The van der Waals surface area contributed by atoms with Gasteiger partial charge >= 0.3 is 6.03 Å². The lowest BCUT2D eigenvalue weighted by atomic mass is 9.95. The monoisotopic (exact) mass is 584 g/mol. The van der Waals surface area contributed by atoms with Crippen molar-refractivity contribution in [3.63, 3.8) is 0 Å². The van der Waals surface area contributed by atoms with Gasteiger partial charge in [-0.1, -0.05) is 56.5 Å². The smallest absolute Gasteiger partial charge is 0.317 e. The van der Waals surface area contributed by atoms with Crippen LogP contribution < -0.4 is 10.1 Å². The van der Waals surface area contributed by atoms with Gasteiger partial charge in [0.1, 0.15) is 5.75 Å². The molecule has 0 bridgehead atoms. The van der Waals surface area contributed by atoms with Crippen LogP contribution in [0.4, 0.5) is 4.79 Å². The van der Waals surface area contributed by atoms with E-state index in [1.54, 1.807) is 42.3 Å². The molecule has 4 rings (SSSR count). The zero-order valence-corrected chi connectivity index (χ0v) is 25.2. The van der Waals surface area contributed by atoms with Crippen molar-refractivity contribution in [2.45, 2.75) is 81.8 Å². The van der Waals surface area contributed by atoms with Crippen molar-refractivity contribution in [2.75, 3.05) is 33.3 Å². The first-order valence-electron chi connectivity index (χ1n) is 14.8. The Morgan fingerprint density at radius 2 is 1.61 bits per heavy atom. The number of rotatable bonds is 11. The van der Waals surface area contributed by atoms with E-state index >= 15 is 0 Å². The van der Waals surface area contributed by atoms with Crippen molar-refractivity contribution in [1.82, 2.24) is 19.4 Å². The number of amides is 3. The summed E-state index contributed by atoms with van der Waals surface area (Å²) in [5.41, 5.74) is 0.935. The molecule has 0 atom stereocenters. The zero-order chi connectivity index (χ0) is 29.2. The summed E-state index contributed by atoms with van der Waals surface area (Å²) >= 11 is 0. The number of nitrogens with zero attached hydrogens (tertiary/aromatic N) is 3. The maximum atomic E-state index is 13.9. The van der Waals surface area contributed by atoms with Crippen molar-refractivity contribution in [1.29, 1.82) is 0 Å². The lowest BCUT2D eigenvalue weighted by molar-refractivity contribution is -0.135. The number of hydrogen-bond donors (Lipinski definition) is 1. The van der Waals surface area contributed by atoms with Crippen LogP contribution in [-0.4, -0.2) is 79.8 Å². The van der Waals surface area contributed by atoms with E-state index in [0.29, 0.717) is 38.9 Å². The SMILES string of the molecule is CCCN(CC(=O)N(Cc1ccc(OC)cc1)C1CCN(C(=O)NC2CCCCC2)CC1)S(=O)(=O)c1ccccc1. The minimum Gasteiger partial charge on any atom is -0.497 e. The summed E-state index contributed by atoms with van der Waals surface area (Å²) in [5, 5.41) is 3.20. The highest BCUT2D eigenvalue weighted by atomic mass is 32.2. The Labute approximate surface area is 244 Å². The van der Waals surface area contributed by atoms with Crippen molar-refractivity contribution < 1.29 is 22.7 Å².